The van der Waals surface area contributed by atoms with Crippen LogP contribution in [0.2, 0.25) is 0 Å². The molecule has 3 rings (SSSR count). The Morgan fingerprint density at radius 3 is 3.00 bits per heavy atom. The lowest BCUT2D eigenvalue weighted by Crippen LogP contribution is -2.33. The summed E-state index contributed by atoms with van der Waals surface area (Å²) in [5.41, 5.74) is 0. The average Bonchev–Trinajstić information content (AvgIpc) is 2.90. The van der Waals surface area contributed by atoms with Crippen molar-refractivity contribution in [3.8, 4) is 0 Å². The Kier molecular flexibility index (Phi) is 2.89. The summed E-state index contributed by atoms with van der Waals surface area (Å²) in [6.45, 7) is 4.74. The molecule has 2 aromatic rings. The molecule has 19 heavy (non-hydrogen) atoms. The van der Waals surface area contributed by atoms with Crippen LogP contribution in [0.1, 0.15) is 18.2 Å². The SMILES string of the molecule is Cc1cc2c(N3CCC(C(=O)O)C3C)ncnc2s1. The van der Waals surface area contributed by atoms with Crippen LogP contribution in [-0.4, -0.2) is 33.6 Å². The Hall–Kier alpha value is -1.69. The van der Waals surface area contributed by atoms with Gasteiger partial charge in [-0.15, -0.1) is 11.3 Å². The number of carboxylic acids is 1. The number of nitrogens with zero attached hydrogens (tertiary/aromatic N) is 3. The first-order chi connectivity index (χ1) is 9.08. The van der Waals surface area contributed by atoms with Crippen molar-refractivity contribution in [2.24, 2.45) is 5.92 Å². The molecule has 2 unspecified atom stereocenters. The van der Waals surface area contributed by atoms with Crippen LogP contribution in [-0.2, 0) is 4.79 Å². The first-order valence-electron chi connectivity index (χ1n) is 6.28. The van der Waals surface area contributed by atoms with E-state index in [1.165, 1.54) is 4.88 Å². The summed E-state index contributed by atoms with van der Waals surface area (Å²) >= 11 is 1.64. The quantitative estimate of drug-likeness (QED) is 0.912. The first kappa shape index (κ1) is 12.3. The van der Waals surface area contributed by atoms with Crippen LogP contribution in [0.5, 0.6) is 0 Å². The lowest BCUT2D eigenvalue weighted by atomic mass is 10.0. The minimum Gasteiger partial charge on any atom is -0.481 e. The van der Waals surface area contributed by atoms with Crippen LogP contribution < -0.4 is 4.90 Å². The van der Waals surface area contributed by atoms with E-state index in [9.17, 15) is 9.90 Å². The maximum Gasteiger partial charge on any atom is 0.308 e. The zero-order valence-electron chi connectivity index (χ0n) is 10.8. The molecule has 2 aromatic heterocycles. The number of rotatable bonds is 2. The van der Waals surface area contributed by atoms with Crippen LogP contribution in [0.4, 0.5) is 5.82 Å². The van der Waals surface area contributed by atoms with Gasteiger partial charge in [0.25, 0.3) is 0 Å². The highest BCUT2D eigenvalue weighted by molar-refractivity contribution is 7.18. The van der Waals surface area contributed by atoms with Crippen molar-refractivity contribution < 1.29 is 9.90 Å². The maximum atomic E-state index is 11.2. The van der Waals surface area contributed by atoms with Crippen molar-refractivity contribution in [1.29, 1.82) is 0 Å². The van der Waals surface area contributed by atoms with Gasteiger partial charge in [0.2, 0.25) is 0 Å². The predicted molar refractivity (Wildman–Crippen MR) is 74.7 cm³/mol. The molecule has 0 aliphatic carbocycles. The number of fused-ring (bicyclic) bond motifs is 1. The van der Waals surface area contributed by atoms with Gasteiger partial charge in [-0.25, -0.2) is 9.97 Å². The van der Waals surface area contributed by atoms with E-state index in [1.807, 2.05) is 13.8 Å². The summed E-state index contributed by atoms with van der Waals surface area (Å²) in [5, 5.41) is 10.2. The van der Waals surface area contributed by atoms with Crippen LogP contribution in [0.3, 0.4) is 0 Å². The van der Waals surface area contributed by atoms with E-state index in [4.69, 9.17) is 0 Å². The van der Waals surface area contributed by atoms with Gasteiger partial charge in [-0.2, -0.15) is 0 Å². The zero-order chi connectivity index (χ0) is 13.6. The second-order valence-corrected chi connectivity index (χ2v) is 6.18. The predicted octanol–water partition coefficient (Wildman–Crippen LogP) is 2.30. The van der Waals surface area contributed by atoms with E-state index < -0.39 is 5.97 Å². The van der Waals surface area contributed by atoms with Crippen molar-refractivity contribution in [1.82, 2.24) is 9.97 Å². The summed E-state index contributed by atoms with van der Waals surface area (Å²) in [6.07, 6.45) is 2.24. The van der Waals surface area contributed by atoms with E-state index in [-0.39, 0.29) is 12.0 Å². The largest absolute Gasteiger partial charge is 0.481 e. The third kappa shape index (κ3) is 1.96. The molecule has 0 aromatic carbocycles. The second kappa shape index (κ2) is 4.45. The fraction of sp³-hybridized carbons (Fsp3) is 0.462. The highest BCUT2D eigenvalue weighted by Crippen LogP contribution is 2.35. The minimum atomic E-state index is -0.721. The highest BCUT2D eigenvalue weighted by Gasteiger charge is 2.37. The van der Waals surface area contributed by atoms with Crippen molar-refractivity contribution in [3.63, 3.8) is 0 Å². The molecular formula is C13H15N3O2S. The van der Waals surface area contributed by atoms with Crippen molar-refractivity contribution >= 4 is 33.3 Å². The number of anilines is 1. The minimum absolute atomic E-state index is 0.0317. The van der Waals surface area contributed by atoms with Crippen molar-refractivity contribution in [2.45, 2.75) is 26.3 Å². The van der Waals surface area contributed by atoms with Crippen LogP contribution >= 0.6 is 11.3 Å². The average molecular weight is 277 g/mol. The summed E-state index contributed by atoms with van der Waals surface area (Å²) in [5.74, 6) is -0.169. The van der Waals surface area contributed by atoms with E-state index in [2.05, 4.69) is 20.9 Å². The van der Waals surface area contributed by atoms with Gasteiger partial charge in [0.05, 0.1) is 11.3 Å². The Labute approximate surface area is 114 Å². The molecule has 0 radical (unpaired) electrons. The molecule has 0 saturated carbocycles. The Morgan fingerprint density at radius 2 is 2.32 bits per heavy atom. The smallest absolute Gasteiger partial charge is 0.308 e. The third-order valence-corrected chi connectivity index (χ3v) is 4.73. The molecule has 100 valence electrons. The normalized spacial score (nSPS) is 23.2. The highest BCUT2D eigenvalue weighted by atomic mass is 32.1. The van der Waals surface area contributed by atoms with Gasteiger partial charge in [-0.1, -0.05) is 0 Å². The Bertz CT molecular complexity index is 640. The van der Waals surface area contributed by atoms with Gasteiger partial charge in [0, 0.05) is 17.5 Å². The van der Waals surface area contributed by atoms with Crippen molar-refractivity contribution in [2.75, 3.05) is 11.4 Å². The van der Waals surface area contributed by atoms with Crippen molar-refractivity contribution in [3.05, 3.63) is 17.3 Å². The van der Waals surface area contributed by atoms with Crippen LogP contribution in [0.15, 0.2) is 12.4 Å². The number of hydrogen-bond donors (Lipinski definition) is 1. The lowest BCUT2D eigenvalue weighted by Gasteiger charge is -2.24. The molecule has 1 aliphatic heterocycles. The topological polar surface area (TPSA) is 66.3 Å². The number of aryl methyl sites for hydroxylation is 1. The molecule has 1 saturated heterocycles. The Morgan fingerprint density at radius 1 is 1.53 bits per heavy atom. The molecule has 2 atom stereocenters. The number of carbonyl (C=O) groups is 1. The molecule has 1 aliphatic rings. The summed E-state index contributed by atoms with van der Waals surface area (Å²) < 4.78 is 0. The number of thiophene rings is 1. The van der Waals surface area contributed by atoms with E-state index in [0.29, 0.717) is 6.42 Å². The van der Waals surface area contributed by atoms with E-state index in [0.717, 1.165) is 22.6 Å². The number of carboxylic acid groups (broad SMARTS) is 1. The van der Waals surface area contributed by atoms with E-state index >= 15 is 0 Å². The Balaban J connectivity index is 2.03. The maximum absolute atomic E-state index is 11.2. The molecule has 1 N–H and O–H groups in total. The molecule has 0 bridgehead atoms. The molecule has 3 heterocycles. The molecule has 0 amide bonds. The fourth-order valence-corrected chi connectivity index (χ4v) is 3.60. The first-order valence-corrected chi connectivity index (χ1v) is 7.10. The summed E-state index contributed by atoms with van der Waals surface area (Å²) in [7, 11) is 0. The van der Waals surface area contributed by atoms with Gasteiger partial charge in [0.1, 0.15) is 17.0 Å². The monoisotopic (exact) mass is 277 g/mol. The zero-order valence-corrected chi connectivity index (χ0v) is 11.6. The van der Waals surface area contributed by atoms with Gasteiger partial charge in [-0.3, -0.25) is 4.79 Å². The molecular weight excluding hydrogens is 262 g/mol. The summed E-state index contributed by atoms with van der Waals surface area (Å²) in [6, 6.07) is 2.05. The second-order valence-electron chi connectivity index (χ2n) is 4.94. The number of aromatic nitrogens is 2. The molecule has 5 nitrogen and oxygen atoms in total. The number of hydrogen-bond acceptors (Lipinski definition) is 5. The van der Waals surface area contributed by atoms with Crippen LogP contribution in [0.25, 0.3) is 10.2 Å². The number of aliphatic carboxylic acids is 1. The molecule has 0 spiro atoms. The van der Waals surface area contributed by atoms with Gasteiger partial charge in [0.15, 0.2) is 0 Å². The van der Waals surface area contributed by atoms with E-state index in [1.54, 1.807) is 17.7 Å². The standard InChI is InChI=1S/C13H15N3O2S/c1-7-5-10-11(14-6-15-12(10)19-7)16-4-3-9(8(16)2)13(17)18/h5-6,8-9H,3-4H2,1-2H3,(H,17,18). The summed E-state index contributed by atoms with van der Waals surface area (Å²) in [4.78, 5) is 24.1. The van der Waals surface area contributed by atoms with Gasteiger partial charge >= 0.3 is 5.97 Å². The molecule has 6 heteroatoms. The lowest BCUT2D eigenvalue weighted by molar-refractivity contribution is -0.141. The van der Waals surface area contributed by atoms with Crippen LogP contribution in [0, 0.1) is 12.8 Å². The van der Waals surface area contributed by atoms with Gasteiger partial charge < -0.3 is 10.0 Å². The third-order valence-electron chi connectivity index (χ3n) is 3.78. The van der Waals surface area contributed by atoms with Gasteiger partial charge in [-0.05, 0) is 26.3 Å². The fourth-order valence-electron chi connectivity index (χ4n) is 2.76. The molecule has 1 fully saturated rings.